The van der Waals surface area contributed by atoms with Crippen molar-refractivity contribution in [3.63, 3.8) is 0 Å². The van der Waals surface area contributed by atoms with Crippen molar-refractivity contribution in [3.8, 4) is 0 Å². The molecule has 0 aliphatic carbocycles. The molecule has 6 heteroatoms. The number of amides is 1. The van der Waals surface area contributed by atoms with Gasteiger partial charge in [-0.25, -0.2) is 0 Å². The number of aryl methyl sites for hydroxylation is 1. The van der Waals surface area contributed by atoms with Crippen molar-refractivity contribution in [2.45, 2.75) is 43.9 Å². The minimum absolute atomic E-state index is 0.135. The van der Waals surface area contributed by atoms with Gasteiger partial charge in [0, 0.05) is 61.0 Å². The molecule has 2 aromatic rings. The largest absolute Gasteiger partial charge is 0.354 e. The molecule has 2 aliphatic heterocycles. The van der Waals surface area contributed by atoms with Gasteiger partial charge in [0.2, 0.25) is 5.91 Å². The number of rotatable bonds is 7. The number of nitrogens with one attached hydrogen (secondary N) is 1. The van der Waals surface area contributed by atoms with Gasteiger partial charge in [-0.1, -0.05) is 50.7 Å². The Bertz CT molecular complexity index is 963. The van der Waals surface area contributed by atoms with Crippen LogP contribution in [0.2, 0.25) is 0 Å². The number of carbonyl (C=O) groups excluding carboxylic acids is 1. The number of carbonyl (C=O) groups is 1. The molecule has 5 nitrogen and oxygen atoms in total. The first-order valence-corrected chi connectivity index (χ1v) is 13.0. The number of fused-ring (bicyclic) bond motifs is 2. The Morgan fingerprint density at radius 3 is 2.30 bits per heavy atom. The molecule has 0 unspecified atom stereocenters. The Kier molecular flexibility index (Phi) is 7.67. The van der Waals surface area contributed by atoms with E-state index in [0.717, 1.165) is 58.8 Å². The van der Waals surface area contributed by atoms with Crippen LogP contribution in [-0.2, 0) is 4.79 Å². The van der Waals surface area contributed by atoms with Crippen molar-refractivity contribution in [2.75, 3.05) is 57.3 Å². The standard InChI is InChI=1S/C27H38N4OS/c1-21-10-11-25-23(20-21)31(22-8-5-6-9-24(22)33-25)14-7-13-29-16-18-30(19-17-29)15-12-28-26(32)27(2,3)4/h5-6,8-11,20H,7,12-19H2,1-4H3,(H,28,32). The van der Waals surface area contributed by atoms with Crippen molar-refractivity contribution in [3.05, 3.63) is 48.0 Å². The maximum absolute atomic E-state index is 12.0. The maximum atomic E-state index is 12.0. The summed E-state index contributed by atoms with van der Waals surface area (Å²) < 4.78 is 0. The first kappa shape index (κ1) is 24.1. The third kappa shape index (κ3) is 6.11. The Balaban J connectivity index is 1.25. The van der Waals surface area contributed by atoms with Gasteiger partial charge < -0.3 is 15.1 Å². The predicted octanol–water partition coefficient (Wildman–Crippen LogP) is 4.77. The van der Waals surface area contributed by atoms with Crippen molar-refractivity contribution in [2.24, 2.45) is 5.41 Å². The van der Waals surface area contributed by atoms with E-state index in [0.29, 0.717) is 0 Å². The Morgan fingerprint density at radius 1 is 0.909 bits per heavy atom. The van der Waals surface area contributed by atoms with Gasteiger partial charge in [0.15, 0.2) is 0 Å². The van der Waals surface area contributed by atoms with Crippen LogP contribution in [0.3, 0.4) is 0 Å². The van der Waals surface area contributed by atoms with Gasteiger partial charge in [0.05, 0.1) is 11.4 Å². The van der Waals surface area contributed by atoms with E-state index < -0.39 is 0 Å². The average molecular weight is 467 g/mol. The number of anilines is 2. The van der Waals surface area contributed by atoms with Gasteiger partial charge in [-0.2, -0.15) is 0 Å². The Morgan fingerprint density at radius 2 is 1.58 bits per heavy atom. The quantitative estimate of drug-likeness (QED) is 0.637. The molecule has 0 atom stereocenters. The van der Waals surface area contributed by atoms with Crippen LogP contribution in [-0.4, -0.2) is 68.1 Å². The zero-order valence-corrected chi connectivity index (χ0v) is 21.4. The number of hydrogen-bond donors (Lipinski definition) is 1. The zero-order valence-electron chi connectivity index (χ0n) is 20.6. The Hall–Kier alpha value is -2.02. The molecule has 1 saturated heterocycles. The summed E-state index contributed by atoms with van der Waals surface area (Å²) >= 11 is 1.88. The summed E-state index contributed by atoms with van der Waals surface area (Å²) in [7, 11) is 0. The maximum Gasteiger partial charge on any atom is 0.225 e. The number of benzene rings is 2. The lowest BCUT2D eigenvalue weighted by Crippen LogP contribution is -2.49. The van der Waals surface area contributed by atoms with Crippen LogP contribution in [0.4, 0.5) is 11.4 Å². The summed E-state index contributed by atoms with van der Waals surface area (Å²) in [6, 6.07) is 15.6. The number of nitrogens with zero attached hydrogens (tertiary/aromatic N) is 3. The second kappa shape index (κ2) is 10.5. The number of hydrogen-bond acceptors (Lipinski definition) is 5. The molecule has 1 N–H and O–H groups in total. The molecule has 2 aromatic carbocycles. The normalized spacial score (nSPS) is 16.9. The first-order chi connectivity index (χ1) is 15.8. The molecule has 0 saturated carbocycles. The SMILES string of the molecule is Cc1ccc2c(c1)N(CCCN1CCN(CCNC(=O)C(C)(C)C)CC1)c1ccccc1S2. The number of piperazine rings is 1. The van der Waals surface area contributed by atoms with E-state index >= 15 is 0 Å². The fourth-order valence-electron chi connectivity index (χ4n) is 4.46. The van der Waals surface area contributed by atoms with Gasteiger partial charge >= 0.3 is 0 Å². The second-order valence-electron chi connectivity index (χ2n) is 10.2. The highest BCUT2D eigenvalue weighted by atomic mass is 32.2. The fourth-order valence-corrected chi connectivity index (χ4v) is 5.54. The molecule has 0 radical (unpaired) electrons. The second-order valence-corrected chi connectivity index (χ2v) is 11.3. The van der Waals surface area contributed by atoms with E-state index in [4.69, 9.17) is 0 Å². The predicted molar refractivity (Wildman–Crippen MR) is 139 cm³/mol. The van der Waals surface area contributed by atoms with Crippen LogP contribution in [0.15, 0.2) is 52.3 Å². The third-order valence-electron chi connectivity index (χ3n) is 6.50. The highest BCUT2D eigenvalue weighted by Crippen LogP contribution is 2.48. The van der Waals surface area contributed by atoms with E-state index in [1.54, 1.807) is 0 Å². The monoisotopic (exact) mass is 466 g/mol. The summed E-state index contributed by atoms with van der Waals surface area (Å²) in [6.45, 7) is 16.3. The fraction of sp³-hybridized carbons (Fsp3) is 0.519. The molecule has 33 heavy (non-hydrogen) atoms. The summed E-state index contributed by atoms with van der Waals surface area (Å²) in [4.78, 5) is 22.3. The van der Waals surface area contributed by atoms with Crippen LogP contribution in [0.1, 0.15) is 32.8 Å². The van der Waals surface area contributed by atoms with Gasteiger partial charge in [-0.05, 0) is 49.7 Å². The minimum Gasteiger partial charge on any atom is -0.354 e. The summed E-state index contributed by atoms with van der Waals surface area (Å²) in [5.41, 5.74) is 3.68. The summed E-state index contributed by atoms with van der Waals surface area (Å²) in [6.07, 6.45) is 1.15. The lowest BCUT2D eigenvalue weighted by Gasteiger charge is -2.36. The van der Waals surface area contributed by atoms with E-state index in [-0.39, 0.29) is 11.3 Å². The molecule has 1 fully saturated rings. The smallest absolute Gasteiger partial charge is 0.225 e. The van der Waals surface area contributed by atoms with E-state index in [2.05, 4.69) is 69.4 Å². The highest BCUT2D eigenvalue weighted by Gasteiger charge is 2.24. The number of para-hydroxylation sites is 1. The van der Waals surface area contributed by atoms with Gasteiger partial charge in [-0.15, -0.1) is 0 Å². The molecular weight excluding hydrogens is 428 g/mol. The van der Waals surface area contributed by atoms with E-state index in [1.165, 1.54) is 26.7 Å². The molecule has 0 spiro atoms. The minimum atomic E-state index is -0.314. The van der Waals surface area contributed by atoms with Gasteiger partial charge in [-0.3, -0.25) is 9.69 Å². The zero-order chi connectivity index (χ0) is 23.4. The average Bonchev–Trinajstić information content (AvgIpc) is 2.79. The molecular formula is C27H38N4OS. The van der Waals surface area contributed by atoms with E-state index in [1.807, 2.05) is 32.5 Å². The lowest BCUT2D eigenvalue weighted by atomic mass is 9.96. The van der Waals surface area contributed by atoms with Crippen molar-refractivity contribution in [1.29, 1.82) is 0 Å². The van der Waals surface area contributed by atoms with Crippen LogP contribution >= 0.6 is 11.8 Å². The Labute approximate surface area is 203 Å². The molecule has 178 valence electrons. The summed E-state index contributed by atoms with van der Waals surface area (Å²) in [5, 5.41) is 3.07. The van der Waals surface area contributed by atoms with Crippen molar-refractivity contribution in [1.82, 2.24) is 15.1 Å². The summed E-state index contributed by atoms with van der Waals surface area (Å²) in [5.74, 6) is 0.135. The van der Waals surface area contributed by atoms with Gasteiger partial charge in [0.25, 0.3) is 0 Å². The third-order valence-corrected chi connectivity index (χ3v) is 7.63. The van der Waals surface area contributed by atoms with Gasteiger partial charge in [0.1, 0.15) is 0 Å². The van der Waals surface area contributed by atoms with Crippen LogP contribution in [0, 0.1) is 12.3 Å². The van der Waals surface area contributed by atoms with Crippen molar-refractivity contribution < 1.29 is 4.79 Å². The first-order valence-electron chi connectivity index (χ1n) is 12.2. The van der Waals surface area contributed by atoms with Crippen LogP contribution in [0.5, 0.6) is 0 Å². The molecule has 2 heterocycles. The lowest BCUT2D eigenvalue weighted by molar-refractivity contribution is -0.128. The topological polar surface area (TPSA) is 38.8 Å². The highest BCUT2D eigenvalue weighted by molar-refractivity contribution is 7.99. The molecule has 0 aromatic heterocycles. The molecule has 4 rings (SSSR count). The molecule has 1 amide bonds. The van der Waals surface area contributed by atoms with Crippen molar-refractivity contribution >= 4 is 29.0 Å². The van der Waals surface area contributed by atoms with Crippen LogP contribution < -0.4 is 10.2 Å². The molecule has 0 bridgehead atoms. The van der Waals surface area contributed by atoms with Crippen LogP contribution in [0.25, 0.3) is 0 Å². The van der Waals surface area contributed by atoms with E-state index in [9.17, 15) is 4.79 Å². The molecule has 2 aliphatic rings.